The van der Waals surface area contributed by atoms with Crippen LogP contribution in [0.15, 0.2) is 17.6 Å². The Kier molecular flexibility index (Phi) is 4.98. The molecule has 1 aliphatic heterocycles. The second-order valence-corrected chi connectivity index (χ2v) is 7.58. The summed E-state index contributed by atoms with van der Waals surface area (Å²) in [5.74, 6) is 0. The zero-order chi connectivity index (χ0) is 16.0. The van der Waals surface area contributed by atoms with E-state index in [0.717, 1.165) is 17.1 Å². The predicted molar refractivity (Wildman–Crippen MR) is 103 cm³/mol. The second kappa shape index (κ2) is 6.85. The van der Waals surface area contributed by atoms with Crippen molar-refractivity contribution in [2.45, 2.75) is 26.8 Å². The molecule has 0 saturated heterocycles. The van der Waals surface area contributed by atoms with Crippen LogP contribution < -0.4 is 0 Å². The molecule has 3 aromatic rings. The number of amides is 1. The number of rotatable bonds is 2. The third-order valence-electron chi connectivity index (χ3n) is 3.96. The van der Waals surface area contributed by atoms with Crippen molar-refractivity contribution in [1.29, 1.82) is 0 Å². The smallest absolute Gasteiger partial charge is 0.410 e. The minimum Gasteiger partial charge on any atom is -0.450 e. The average Bonchev–Trinajstić information content (AvgIpc) is 3.20. The summed E-state index contributed by atoms with van der Waals surface area (Å²) in [5.41, 5.74) is 3.58. The summed E-state index contributed by atoms with van der Waals surface area (Å²) in [6.07, 6.45) is 2.74. The summed E-state index contributed by atoms with van der Waals surface area (Å²) in [5, 5.41) is 2.15. The number of fused-ring (bicyclic) bond motifs is 3. The number of imidazole rings is 1. The Morgan fingerprint density at radius 1 is 1.46 bits per heavy atom. The number of ether oxygens (including phenoxy) is 1. The number of hydrogen-bond acceptors (Lipinski definition) is 5. The van der Waals surface area contributed by atoms with Crippen molar-refractivity contribution in [1.82, 2.24) is 14.3 Å². The number of halogens is 1. The van der Waals surface area contributed by atoms with E-state index in [2.05, 4.69) is 29.0 Å². The van der Waals surface area contributed by atoms with Crippen LogP contribution in [0.25, 0.3) is 15.5 Å². The van der Waals surface area contributed by atoms with E-state index in [1.165, 1.54) is 21.0 Å². The van der Waals surface area contributed by atoms with Gasteiger partial charge in [-0.2, -0.15) is 0 Å². The highest BCUT2D eigenvalue weighted by Crippen LogP contribution is 2.33. The van der Waals surface area contributed by atoms with E-state index >= 15 is 0 Å². The maximum atomic E-state index is 11.9. The summed E-state index contributed by atoms with van der Waals surface area (Å²) in [6.45, 7) is 5.67. The SMILES string of the molecule is Br.CCOC(=O)N1CCc2c(sc3nc(-c4cc(C)cs4)cn23)C1. The molecule has 3 aromatic heterocycles. The zero-order valence-corrected chi connectivity index (χ0v) is 16.8. The van der Waals surface area contributed by atoms with Gasteiger partial charge < -0.3 is 9.64 Å². The normalized spacial score (nSPS) is 13.7. The number of thiazole rings is 1. The Morgan fingerprint density at radius 2 is 2.29 bits per heavy atom. The standard InChI is InChI=1S/C16H17N3O2S2.BrH/c1-3-21-16(20)18-5-4-12-14(8-18)23-15-17-11(7-19(12)15)13-6-10(2)9-22-13;/h6-7,9H,3-5,8H2,1-2H3;1H. The maximum Gasteiger partial charge on any atom is 0.410 e. The lowest BCUT2D eigenvalue weighted by Gasteiger charge is -2.25. The van der Waals surface area contributed by atoms with Crippen LogP contribution in [-0.4, -0.2) is 33.5 Å². The molecule has 0 aromatic carbocycles. The van der Waals surface area contributed by atoms with Crippen LogP contribution in [-0.2, 0) is 17.7 Å². The fraction of sp³-hybridized carbons (Fsp3) is 0.375. The number of aryl methyl sites for hydroxylation is 1. The van der Waals surface area contributed by atoms with Crippen LogP contribution in [0.4, 0.5) is 4.79 Å². The van der Waals surface area contributed by atoms with E-state index in [1.54, 1.807) is 27.6 Å². The lowest BCUT2D eigenvalue weighted by Crippen LogP contribution is -2.36. The van der Waals surface area contributed by atoms with E-state index in [-0.39, 0.29) is 23.1 Å². The molecule has 0 unspecified atom stereocenters. The van der Waals surface area contributed by atoms with Gasteiger partial charge in [-0.15, -0.1) is 28.3 Å². The summed E-state index contributed by atoms with van der Waals surface area (Å²) in [7, 11) is 0. The number of hydrogen-bond donors (Lipinski definition) is 0. The van der Waals surface area contributed by atoms with Crippen LogP contribution in [0.5, 0.6) is 0 Å². The summed E-state index contributed by atoms with van der Waals surface area (Å²) in [6, 6.07) is 2.17. The largest absolute Gasteiger partial charge is 0.450 e. The molecule has 0 spiro atoms. The molecular weight excluding hydrogens is 410 g/mol. The van der Waals surface area contributed by atoms with Gasteiger partial charge in [-0.25, -0.2) is 9.78 Å². The first-order chi connectivity index (χ1) is 11.2. The van der Waals surface area contributed by atoms with Gasteiger partial charge in [-0.3, -0.25) is 4.40 Å². The quantitative estimate of drug-likeness (QED) is 0.603. The van der Waals surface area contributed by atoms with E-state index in [0.29, 0.717) is 19.7 Å². The molecule has 8 heteroatoms. The molecular formula is C16H18BrN3O2S2. The van der Waals surface area contributed by atoms with Gasteiger partial charge in [0.15, 0.2) is 4.96 Å². The predicted octanol–water partition coefficient (Wildman–Crippen LogP) is 4.53. The highest BCUT2D eigenvalue weighted by molar-refractivity contribution is 8.93. The van der Waals surface area contributed by atoms with Crippen molar-refractivity contribution in [3.05, 3.63) is 33.8 Å². The summed E-state index contributed by atoms with van der Waals surface area (Å²) < 4.78 is 7.29. The van der Waals surface area contributed by atoms with Crippen molar-refractivity contribution in [3.63, 3.8) is 0 Å². The number of carbonyl (C=O) groups is 1. The van der Waals surface area contributed by atoms with Gasteiger partial charge in [0, 0.05) is 29.7 Å². The van der Waals surface area contributed by atoms with Crippen molar-refractivity contribution < 1.29 is 9.53 Å². The molecule has 4 rings (SSSR count). The molecule has 4 heterocycles. The van der Waals surface area contributed by atoms with Crippen molar-refractivity contribution in [2.24, 2.45) is 0 Å². The third-order valence-corrected chi connectivity index (χ3v) is 6.11. The lowest BCUT2D eigenvalue weighted by molar-refractivity contribution is 0.103. The van der Waals surface area contributed by atoms with Crippen molar-refractivity contribution in [3.8, 4) is 10.6 Å². The summed E-state index contributed by atoms with van der Waals surface area (Å²) >= 11 is 3.40. The van der Waals surface area contributed by atoms with E-state index < -0.39 is 0 Å². The fourth-order valence-corrected chi connectivity index (χ4v) is 4.88. The van der Waals surface area contributed by atoms with Crippen molar-refractivity contribution in [2.75, 3.05) is 13.2 Å². The molecule has 1 aliphatic rings. The second-order valence-electron chi connectivity index (χ2n) is 5.61. The van der Waals surface area contributed by atoms with Crippen molar-refractivity contribution >= 4 is 50.7 Å². The first-order valence-electron chi connectivity index (χ1n) is 7.62. The highest BCUT2D eigenvalue weighted by Gasteiger charge is 2.26. The van der Waals surface area contributed by atoms with Gasteiger partial charge in [0.1, 0.15) is 5.69 Å². The van der Waals surface area contributed by atoms with Crippen LogP contribution >= 0.6 is 39.7 Å². The first-order valence-corrected chi connectivity index (χ1v) is 9.32. The molecule has 0 fully saturated rings. The Balaban J connectivity index is 0.00000169. The molecule has 0 saturated carbocycles. The lowest BCUT2D eigenvalue weighted by atomic mass is 10.2. The number of aromatic nitrogens is 2. The monoisotopic (exact) mass is 427 g/mol. The highest BCUT2D eigenvalue weighted by atomic mass is 79.9. The van der Waals surface area contributed by atoms with Gasteiger partial charge in [-0.1, -0.05) is 11.3 Å². The van der Waals surface area contributed by atoms with Gasteiger partial charge in [0.05, 0.1) is 18.0 Å². The topological polar surface area (TPSA) is 46.8 Å². The van der Waals surface area contributed by atoms with Crippen LogP contribution in [0, 0.1) is 6.92 Å². The number of thiophene rings is 1. The van der Waals surface area contributed by atoms with E-state index in [4.69, 9.17) is 9.72 Å². The van der Waals surface area contributed by atoms with Gasteiger partial charge >= 0.3 is 6.09 Å². The van der Waals surface area contributed by atoms with Crippen LogP contribution in [0.3, 0.4) is 0 Å². The van der Waals surface area contributed by atoms with E-state index in [1.807, 2.05) is 6.92 Å². The molecule has 5 nitrogen and oxygen atoms in total. The Hall–Kier alpha value is -1.38. The third kappa shape index (κ3) is 2.98. The van der Waals surface area contributed by atoms with Gasteiger partial charge in [-0.05, 0) is 30.9 Å². The summed E-state index contributed by atoms with van der Waals surface area (Å²) in [4.78, 5) is 21.8. The average molecular weight is 428 g/mol. The van der Waals surface area contributed by atoms with Crippen LogP contribution in [0.2, 0.25) is 0 Å². The van der Waals surface area contributed by atoms with Gasteiger partial charge in [0.2, 0.25) is 0 Å². The number of nitrogens with zero attached hydrogens (tertiary/aromatic N) is 3. The molecule has 0 atom stereocenters. The van der Waals surface area contributed by atoms with Gasteiger partial charge in [0.25, 0.3) is 0 Å². The number of carbonyl (C=O) groups excluding carboxylic acids is 1. The Morgan fingerprint density at radius 3 is 3.00 bits per heavy atom. The van der Waals surface area contributed by atoms with E-state index in [9.17, 15) is 4.79 Å². The maximum absolute atomic E-state index is 11.9. The molecule has 24 heavy (non-hydrogen) atoms. The molecule has 0 N–H and O–H groups in total. The molecule has 1 amide bonds. The molecule has 0 bridgehead atoms. The van der Waals surface area contributed by atoms with Crippen LogP contribution in [0.1, 0.15) is 23.1 Å². The Bertz CT molecular complexity index is 883. The first kappa shape index (κ1) is 17.4. The zero-order valence-electron chi connectivity index (χ0n) is 13.4. The minimum absolute atomic E-state index is 0. The molecule has 0 aliphatic carbocycles. The molecule has 0 radical (unpaired) electrons. The molecule has 128 valence electrons. The fourth-order valence-electron chi connectivity index (χ4n) is 2.86. The Labute approximate surface area is 158 Å². The minimum atomic E-state index is -0.223.